The van der Waals surface area contributed by atoms with E-state index in [0.29, 0.717) is 59.0 Å². The minimum Gasteiger partial charge on any atom is -0.490 e. The number of nitrogens with one attached hydrogen (secondary N) is 2. The lowest BCUT2D eigenvalue weighted by Gasteiger charge is -2.22. The zero-order valence-corrected chi connectivity index (χ0v) is 26.4. The molecule has 0 saturated heterocycles. The molecule has 3 aromatic rings. The maximum absolute atomic E-state index is 13.0. The molecule has 0 fully saturated rings. The molecular formula is C32H35Cl2N3O7. The summed E-state index contributed by atoms with van der Waals surface area (Å²) in [6.45, 7) is 8.30. The lowest BCUT2D eigenvalue weighted by atomic mass is 10.0. The Morgan fingerprint density at radius 2 is 1.70 bits per heavy atom. The third-order valence-corrected chi connectivity index (χ3v) is 6.92. The van der Waals surface area contributed by atoms with E-state index in [9.17, 15) is 9.59 Å². The number of amides is 2. The predicted molar refractivity (Wildman–Crippen MR) is 168 cm³/mol. The molecule has 0 radical (unpaired) electrons. The summed E-state index contributed by atoms with van der Waals surface area (Å²) in [6.07, 6.45) is 0.970. The molecule has 2 N–H and O–H groups in total. The van der Waals surface area contributed by atoms with Crippen LogP contribution in [0.1, 0.15) is 45.2 Å². The number of rotatable bonds is 14. The molecule has 10 nitrogen and oxygen atoms in total. The van der Waals surface area contributed by atoms with Gasteiger partial charge in [0.25, 0.3) is 11.8 Å². The van der Waals surface area contributed by atoms with Gasteiger partial charge in [-0.3, -0.25) is 9.59 Å². The van der Waals surface area contributed by atoms with E-state index in [0.717, 1.165) is 5.56 Å². The van der Waals surface area contributed by atoms with Crippen LogP contribution in [-0.4, -0.2) is 43.6 Å². The van der Waals surface area contributed by atoms with Crippen molar-refractivity contribution in [3.8, 4) is 28.7 Å². The van der Waals surface area contributed by atoms with Crippen molar-refractivity contribution >= 4 is 41.2 Å². The molecule has 1 aliphatic rings. The molecule has 0 aliphatic carbocycles. The fraction of sp³-hybridized carbons (Fsp3) is 0.344. The van der Waals surface area contributed by atoms with Crippen molar-refractivity contribution < 1.29 is 33.3 Å². The summed E-state index contributed by atoms with van der Waals surface area (Å²) < 4.78 is 28.3. The van der Waals surface area contributed by atoms with Gasteiger partial charge in [-0.1, -0.05) is 43.1 Å². The minimum atomic E-state index is -0.914. The maximum Gasteiger partial charge on any atom is 0.262 e. The van der Waals surface area contributed by atoms with Crippen molar-refractivity contribution in [3.63, 3.8) is 0 Å². The van der Waals surface area contributed by atoms with E-state index >= 15 is 0 Å². The van der Waals surface area contributed by atoms with E-state index in [4.69, 9.17) is 46.9 Å². The number of benzene rings is 3. The summed E-state index contributed by atoms with van der Waals surface area (Å²) in [4.78, 5) is 25.9. The first-order valence-electron chi connectivity index (χ1n) is 14.2. The van der Waals surface area contributed by atoms with Gasteiger partial charge in [0.2, 0.25) is 6.79 Å². The molecule has 2 amide bonds. The summed E-state index contributed by atoms with van der Waals surface area (Å²) in [5.74, 6) is 1.98. The van der Waals surface area contributed by atoms with E-state index in [-0.39, 0.29) is 17.7 Å². The Labute approximate surface area is 266 Å². The van der Waals surface area contributed by atoms with Gasteiger partial charge in [-0.05, 0) is 85.8 Å². The molecule has 4 rings (SSSR count). The number of ether oxygens (including phenoxy) is 5. The second-order valence-corrected chi connectivity index (χ2v) is 11.2. The molecule has 2 atom stereocenters. The Kier molecular flexibility index (Phi) is 11.6. The van der Waals surface area contributed by atoms with Gasteiger partial charge in [-0.2, -0.15) is 5.10 Å². The number of carbonyl (C=O) groups excluding carboxylic acids is 2. The molecule has 12 heteroatoms. The Hall–Kier alpha value is -4.15. The lowest BCUT2D eigenvalue weighted by molar-refractivity contribution is -0.132. The molecule has 0 spiro atoms. The minimum absolute atomic E-state index is 0.121. The highest BCUT2D eigenvalue weighted by Crippen LogP contribution is 2.34. The number of halogens is 2. The van der Waals surface area contributed by atoms with Crippen LogP contribution in [0.25, 0.3) is 0 Å². The molecular weight excluding hydrogens is 609 g/mol. The monoisotopic (exact) mass is 643 g/mol. The number of hydrogen-bond acceptors (Lipinski definition) is 8. The fourth-order valence-corrected chi connectivity index (χ4v) is 4.69. The van der Waals surface area contributed by atoms with E-state index in [1.807, 2.05) is 39.0 Å². The van der Waals surface area contributed by atoms with Crippen LogP contribution in [0.2, 0.25) is 10.0 Å². The Bertz CT molecular complexity index is 1500. The van der Waals surface area contributed by atoms with Crippen LogP contribution in [0.3, 0.4) is 0 Å². The quantitative estimate of drug-likeness (QED) is 0.160. The number of nitrogens with zero attached hydrogens (tertiary/aromatic N) is 1. The van der Waals surface area contributed by atoms with Gasteiger partial charge in [-0.15, -0.1) is 0 Å². The first-order chi connectivity index (χ1) is 21.1. The Morgan fingerprint density at radius 3 is 2.45 bits per heavy atom. The summed E-state index contributed by atoms with van der Waals surface area (Å²) in [7, 11) is 0. The van der Waals surface area contributed by atoms with Gasteiger partial charge in [0, 0.05) is 5.02 Å². The Balaban J connectivity index is 1.35. The smallest absolute Gasteiger partial charge is 0.262 e. The van der Waals surface area contributed by atoms with E-state index < -0.39 is 24.0 Å². The number of hydrogen-bond donors (Lipinski definition) is 2. The van der Waals surface area contributed by atoms with Crippen molar-refractivity contribution in [2.75, 3.05) is 13.4 Å². The first kappa shape index (κ1) is 32.8. The van der Waals surface area contributed by atoms with Crippen molar-refractivity contribution in [2.24, 2.45) is 11.0 Å². The fourth-order valence-electron chi connectivity index (χ4n) is 4.24. The third-order valence-electron chi connectivity index (χ3n) is 6.39. The number of fused-ring (bicyclic) bond motifs is 1. The van der Waals surface area contributed by atoms with Gasteiger partial charge >= 0.3 is 0 Å². The average molecular weight is 645 g/mol. The van der Waals surface area contributed by atoms with E-state index in [1.54, 1.807) is 37.3 Å². The maximum atomic E-state index is 13.0. The second kappa shape index (κ2) is 15.5. The van der Waals surface area contributed by atoms with Crippen molar-refractivity contribution in [1.82, 2.24) is 10.7 Å². The van der Waals surface area contributed by atoms with Gasteiger partial charge in [0.05, 0.1) is 17.8 Å². The molecule has 1 aliphatic heterocycles. The normalized spacial score (nSPS) is 13.4. The van der Waals surface area contributed by atoms with Crippen LogP contribution in [0.15, 0.2) is 59.7 Å². The van der Waals surface area contributed by atoms with Gasteiger partial charge in [0.1, 0.15) is 18.4 Å². The SMILES string of the molecule is CCOc1cc(/C=N\NC(=O)[C@H](CC(C)C)NC(=O)[C@H](C)Oc2ccc(Cl)cc2Cl)ccc1OCc1ccc2c(c1)OCO2. The molecule has 44 heavy (non-hydrogen) atoms. The zero-order chi connectivity index (χ0) is 31.6. The molecule has 0 unspecified atom stereocenters. The predicted octanol–water partition coefficient (Wildman–Crippen LogP) is 6.15. The van der Waals surface area contributed by atoms with Crippen LogP contribution >= 0.6 is 23.2 Å². The molecule has 3 aromatic carbocycles. The van der Waals surface area contributed by atoms with Crippen LogP contribution in [0, 0.1) is 5.92 Å². The van der Waals surface area contributed by atoms with Crippen molar-refractivity contribution in [1.29, 1.82) is 0 Å². The summed E-state index contributed by atoms with van der Waals surface area (Å²) >= 11 is 12.1. The van der Waals surface area contributed by atoms with Gasteiger partial charge in [0.15, 0.2) is 29.1 Å². The summed E-state index contributed by atoms with van der Waals surface area (Å²) in [5.41, 5.74) is 4.12. The van der Waals surface area contributed by atoms with Crippen LogP contribution < -0.4 is 34.4 Å². The van der Waals surface area contributed by atoms with E-state index in [2.05, 4.69) is 15.8 Å². The highest BCUT2D eigenvalue weighted by molar-refractivity contribution is 6.35. The molecule has 0 bridgehead atoms. The lowest BCUT2D eigenvalue weighted by Crippen LogP contribution is -2.49. The largest absolute Gasteiger partial charge is 0.490 e. The van der Waals surface area contributed by atoms with Crippen molar-refractivity contribution in [3.05, 3.63) is 75.8 Å². The Morgan fingerprint density at radius 1 is 0.932 bits per heavy atom. The zero-order valence-electron chi connectivity index (χ0n) is 24.9. The van der Waals surface area contributed by atoms with Crippen LogP contribution in [0.4, 0.5) is 0 Å². The molecule has 1 heterocycles. The first-order valence-corrected chi connectivity index (χ1v) is 14.9. The van der Waals surface area contributed by atoms with Gasteiger partial charge < -0.3 is 29.0 Å². The standard InChI is InChI=1S/C32H35Cl2N3O7/c1-5-40-29-13-21(6-9-27(29)41-17-22-7-10-28-30(14-22)43-18-42-28)16-35-37-32(39)25(12-19(2)3)36-31(38)20(4)44-26-11-8-23(33)15-24(26)34/h6-11,13-16,19-20,25H,5,12,17-18H2,1-4H3,(H,36,38)(H,37,39)/b35-16-/t20-,25-/m0/s1. The molecule has 0 saturated carbocycles. The average Bonchev–Trinajstić information content (AvgIpc) is 3.45. The summed E-state index contributed by atoms with van der Waals surface area (Å²) in [5, 5.41) is 7.59. The summed E-state index contributed by atoms with van der Waals surface area (Å²) in [6, 6.07) is 14.9. The highest BCUT2D eigenvalue weighted by atomic mass is 35.5. The number of carbonyl (C=O) groups is 2. The molecule has 0 aromatic heterocycles. The van der Waals surface area contributed by atoms with Crippen molar-refractivity contribution in [2.45, 2.75) is 52.9 Å². The van der Waals surface area contributed by atoms with Crippen LogP contribution in [-0.2, 0) is 16.2 Å². The number of hydrazone groups is 1. The van der Waals surface area contributed by atoms with E-state index in [1.165, 1.54) is 12.3 Å². The topological polar surface area (TPSA) is 117 Å². The molecule has 234 valence electrons. The second-order valence-electron chi connectivity index (χ2n) is 10.4. The highest BCUT2D eigenvalue weighted by Gasteiger charge is 2.25. The van der Waals surface area contributed by atoms with Crippen LogP contribution in [0.5, 0.6) is 28.7 Å². The van der Waals surface area contributed by atoms with Gasteiger partial charge in [-0.25, -0.2) is 5.43 Å². The third kappa shape index (κ3) is 9.17.